The molecule has 0 atom stereocenters. The van der Waals surface area contributed by atoms with E-state index in [-0.39, 0.29) is 11.8 Å². The Balaban J connectivity index is 1.77. The number of aromatic amines is 1. The predicted molar refractivity (Wildman–Crippen MR) is 68.9 cm³/mol. The highest BCUT2D eigenvalue weighted by atomic mass is 16.1. The zero-order valence-electron chi connectivity index (χ0n) is 9.70. The maximum atomic E-state index is 12.0. The molecular formula is C14H16N2O. The van der Waals surface area contributed by atoms with Crippen LogP contribution in [0.4, 0.5) is 5.69 Å². The first-order valence-corrected chi connectivity index (χ1v) is 6.21. The van der Waals surface area contributed by atoms with Gasteiger partial charge in [0.05, 0.1) is 0 Å². The molecule has 0 unspecified atom stereocenters. The molecule has 0 aliphatic heterocycles. The maximum absolute atomic E-state index is 12.0. The molecule has 1 amide bonds. The van der Waals surface area contributed by atoms with Crippen molar-refractivity contribution in [1.29, 1.82) is 0 Å². The van der Waals surface area contributed by atoms with E-state index >= 15 is 0 Å². The number of nitrogens with one attached hydrogen (secondary N) is 2. The van der Waals surface area contributed by atoms with Crippen molar-refractivity contribution in [3.8, 4) is 0 Å². The minimum Gasteiger partial charge on any atom is -0.361 e. The summed E-state index contributed by atoms with van der Waals surface area (Å²) >= 11 is 0. The summed E-state index contributed by atoms with van der Waals surface area (Å²) in [5.41, 5.74) is 2.00. The third-order valence-corrected chi connectivity index (χ3v) is 3.55. The zero-order valence-corrected chi connectivity index (χ0v) is 9.70. The van der Waals surface area contributed by atoms with Crippen LogP contribution in [-0.4, -0.2) is 10.9 Å². The van der Waals surface area contributed by atoms with Gasteiger partial charge in [-0.25, -0.2) is 0 Å². The third-order valence-electron chi connectivity index (χ3n) is 3.55. The summed E-state index contributed by atoms with van der Waals surface area (Å²) in [6.45, 7) is 0. The number of hydrogen-bond donors (Lipinski definition) is 2. The molecule has 0 bridgehead atoms. The fraction of sp³-hybridized carbons (Fsp3) is 0.357. The first kappa shape index (κ1) is 10.4. The van der Waals surface area contributed by atoms with Gasteiger partial charge in [-0.05, 0) is 37.1 Å². The number of carbonyl (C=O) groups excluding carboxylic acids is 1. The Morgan fingerprint density at radius 2 is 2.06 bits per heavy atom. The van der Waals surface area contributed by atoms with Crippen LogP contribution in [0.15, 0.2) is 30.5 Å². The van der Waals surface area contributed by atoms with Gasteiger partial charge in [0.25, 0.3) is 0 Å². The van der Waals surface area contributed by atoms with Crippen molar-refractivity contribution in [2.45, 2.75) is 25.7 Å². The van der Waals surface area contributed by atoms with Crippen LogP contribution in [0, 0.1) is 5.92 Å². The molecule has 1 saturated carbocycles. The van der Waals surface area contributed by atoms with E-state index in [9.17, 15) is 4.79 Å². The molecule has 88 valence electrons. The number of hydrogen-bond acceptors (Lipinski definition) is 1. The lowest BCUT2D eigenvalue weighted by molar-refractivity contribution is -0.119. The summed E-state index contributed by atoms with van der Waals surface area (Å²) in [5.74, 6) is 0.398. The van der Waals surface area contributed by atoms with E-state index in [1.165, 1.54) is 12.8 Å². The fourth-order valence-electron chi connectivity index (χ4n) is 2.56. The molecule has 1 aromatic carbocycles. The Morgan fingerprint density at radius 3 is 2.88 bits per heavy atom. The van der Waals surface area contributed by atoms with Crippen LogP contribution >= 0.6 is 0 Å². The van der Waals surface area contributed by atoms with E-state index in [1.807, 2.05) is 30.5 Å². The highest BCUT2D eigenvalue weighted by Crippen LogP contribution is 2.26. The molecule has 0 saturated heterocycles. The lowest BCUT2D eigenvalue weighted by Gasteiger charge is -2.10. The van der Waals surface area contributed by atoms with Gasteiger partial charge in [-0.2, -0.15) is 0 Å². The fourth-order valence-corrected chi connectivity index (χ4v) is 2.56. The zero-order chi connectivity index (χ0) is 11.7. The topological polar surface area (TPSA) is 44.9 Å². The van der Waals surface area contributed by atoms with Gasteiger partial charge < -0.3 is 10.3 Å². The van der Waals surface area contributed by atoms with Gasteiger partial charge in [0.1, 0.15) is 0 Å². The molecule has 0 radical (unpaired) electrons. The summed E-state index contributed by atoms with van der Waals surface area (Å²) in [7, 11) is 0. The summed E-state index contributed by atoms with van der Waals surface area (Å²) < 4.78 is 0. The van der Waals surface area contributed by atoms with Crippen LogP contribution < -0.4 is 5.32 Å². The second kappa shape index (κ2) is 4.24. The van der Waals surface area contributed by atoms with Gasteiger partial charge in [0.2, 0.25) is 5.91 Å². The largest absolute Gasteiger partial charge is 0.361 e. The highest BCUT2D eigenvalue weighted by Gasteiger charge is 2.22. The quantitative estimate of drug-likeness (QED) is 0.813. The molecule has 3 rings (SSSR count). The van der Waals surface area contributed by atoms with Gasteiger partial charge in [0.15, 0.2) is 0 Å². The average molecular weight is 228 g/mol. The Kier molecular flexibility index (Phi) is 2.59. The van der Waals surface area contributed by atoms with Crippen LogP contribution in [0.3, 0.4) is 0 Å². The van der Waals surface area contributed by atoms with Crippen LogP contribution in [0.25, 0.3) is 10.9 Å². The molecule has 17 heavy (non-hydrogen) atoms. The van der Waals surface area contributed by atoms with E-state index in [2.05, 4.69) is 10.3 Å². The Labute approximate surface area is 100 Å². The van der Waals surface area contributed by atoms with E-state index in [0.29, 0.717) is 0 Å². The molecule has 1 aliphatic rings. The summed E-state index contributed by atoms with van der Waals surface area (Å²) in [6.07, 6.45) is 6.37. The lowest BCUT2D eigenvalue weighted by Crippen LogP contribution is -2.20. The van der Waals surface area contributed by atoms with Gasteiger partial charge in [0, 0.05) is 28.7 Å². The Hall–Kier alpha value is -1.77. The average Bonchev–Trinajstić information content (AvgIpc) is 2.99. The van der Waals surface area contributed by atoms with E-state index in [4.69, 9.17) is 0 Å². The second-order valence-corrected chi connectivity index (χ2v) is 4.75. The van der Waals surface area contributed by atoms with Crippen molar-refractivity contribution in [2.24, 2.45) is 5.92 Å². The summed E-state index contributed by atoms with van der Waals surface area (Å²) in [4.78, 5) is 15.1. The molecule has 3 nitrogen and oxygen atoms in total. The first-order valence-electron chi connectivity index (χ1n) is 6.21. The van der Waals surface area contributed by atoms with Gasteiger partial charge in [-0.15, -0.1) is 0 Å². The SMILES string of the molecule is O=C(Nc1ccc2[nH]ccc2c1)C1CCCC1. The summed E-state index contributed by atoms with van der Waals surface area (Å²) in [6, 6.07) is 7.98. The van der Waals surface area contributed by atoms with Gasteiger partial charge in [-0.3, -0.25) is 4.79 Å². The van der Waals surface area contributed by atoms with Crippen molar-refractivity contribution < 1.29 is 4.79 Å². The second-order valence-electron chi connectivity index (χ2n) is 4.75. The molecule has 1 aliphatic carbocycles. The van der Waals surface area contributed by atoms with Crippen molar-refractivity contribution in [1.82, 2.24) is 4.98 Å². The van der Waals surface area contributed by atoms with E-state index in [1.54, 1.807) is 0 Å². The number of rotatable bonds is 2. The number of aromatic nitrogens is 1. The van der Waals surface area contributed by atoms with Crippen molar-refractivity contribution >= 4 is 22.5 Å². The number of H-pyrrole nitrogens is 1. The van der Waals surface area contributed by atoms with Crippen molar-refractivity contribution in [3.05, 3.63) is 30.5 Å². The van der Waals surface area contributed by atoms with Crippen molar-refractivity contribution in [2.75, 3.05) is 5.32 Å². The third kappa shape index (κ3) is 2.05. The van der Waals surface area contributed by atoms with Gasteiger partial charge in [-0.1, -0.05) is 12.8 Å². The molecule has 1 aromatic heterocycles. The molecule has 0 spiro atoms. The predicted octanol–water partition coefficient (Wildman–Crippen LogP) is 3.30. The molecule has 2 N–H and O–H groups in total. The standard InChI is InChI=1S/C14H16N2O/c17-14(10-3-1-2-4-10)16-12-5-6-13-11(9-12)7-8-15-13/h5-10,15H,1-4H2,(H,16,17). The molecule has 1 heterocycles. The van der Waals surface area contributed by atoms with Gasteiger partial charge >= 0.3 is 0 Å². The van der Waals surface area contributed by atoms with Crippen LogP contribution in [0.5, 0.6) is 0 Å². The number of benzene rings is 1. The molecule has 3 heteroatoms. The normalized spacial score (nSPS) is 16.5. The number of carbonyl (C=O) groups is 1. The highest BCUT2D eigenvalue weighted by molar-refractivity contribution is 5.95. The number of amides is 1. The monoisotopic (exact) mass is 228 g/mol. The molecular weight excluding hydrogens is 212 g/mol. The summed E-state index contributed by atoms with van der Waals surface area (Å²) in [5, 5.41) is 4.15. The van der Waals surface area contributed by atoms with Crippen molar-refractivity contribution in [3.63, 3.8) is 0 Å². The van der Waals surface area contributed by atoms with Crippen LogP contribution in [0.1, 0.15) is 25.7 Å². The lowest BCUT2D eigenvalue weighted by atomic mass is 10.1. The molecule has 1 fully saturated rings. The van der Waals surface area contributed by atoms with Crippen LogP contribution in [-0.2, 0) is 4.79 Å². The van der Waals surface area contributed by atoms with E-state index in [0.717, 1.165) is 29.4 Å². The minimum atomic E-state index is 0.178. The maximum Gasteiger partial charge on any atom is 0.227 e. The Morgan fingerprint density at radius 1 is 1.24 bits per heavy atom. The Bertz CT molecular complexity index is 538. The minimum absolute atomic E-state index is 0.178. The van der Waals surface area contributed by atoms with E-state index < -0.39 is 0 Å². The molecule has 2 aromatic rings. The number of anilines is 1. The number of fused-ring (bicyclic) bond motifs is 1. The first-order chi connectivity index (χ1) is 8.33. The van der Waals surface area contributed by atoms with Crippen LogP contribution in [0.2, 0.25) is 0 Å². The smallest absolute Gasteiger partial charge is 0.227 e.